The summed E-state index contributed by atoms with van der Waals surface area (Å²) < 4.78 is 5.45. The maximum absolute atomic E-state index is 9.84. The Bertz CT molecular complexity index is 385. The van der Waals surface area contributed by atoms with Gasteiger partial charge in [-0.3, -0.25) is 0 Å². The lowest BCUT2D eigenvalue weighted by atomic mass is 10.0. The Labute approximate surface area is 119 Å². The molecule has 0 radical (unpaired) electrons. The smallest absolute Gasteiger partial charge is 0.138 e. The van der Waals surface area contributed by atoms with E-state index in [0.717, 1.165) is 0 Å². The number of aliphatic hydroxyl groups is 2. The fourth-order valence-electron chi connectivity index (χ4n) is 1.57. The molecule has 0 aliphatic heterocycles. The molecule has 1 atom stereocenters. The Hall–Kier alpha value is -0.810. The van der Waals surface area contributed by atoms with Crippen LogP contribution in [0, 0.1) is 0 Å². The highest BCUT2D eigenvalue weighted by Crippen LogP contribution is 2.23. The zero-order chi connectivity index (χ0) is 14.3. The fraction of sp³-hybridized carbons (Fsp3) is 0.571. The van der Waals surface area contributed by atoms with Gasteiger partial charge in [0.15, 0.2) is 0 Å². The highest BCUT2D eigenvalue weighted by atomic mass is 35.5. The van der Waals surface area contributed by atoms with Gasteiger partial charge in [-0.25, -0.2) is 0 Å². The van der Waals surface area contributed by atoms with Crippen LogP contribution in [0.3, 0.4) is 0 Å². The van der Waals surface area contributed by atoms with Crippen LogP contribution in [-0.2, 0) is 0 Å². The molecule has 0 aliphatic carbocycles. The van der Waals surface area contributed by atoms with Crippen LogP contribution >= 0.6 is 11.6 Å². The van der Waals surface area contributed by atoms with Crippen LogP contribution in [0.2, 0.25) is 5.02 Å². The quantitative estimate of drug-likeness (QED) is 0.683. The van der Waals surface area contributed by atoms with Gasteiger partial charge in [0.05, 0.1) is 5.02 Å². The second kappa shape index (κ2) is 7.70. The van der Waals surface area contributed by atoms with E-state index in [1.54, 1.807) is 12.1 Å². The van der Waals surface area contributed by atoms with Gasteiger partial charge in [0.1, 0.15) is 18.5 Å². The van der Waals surface area contributed by atoms with Crippen molar-refractivity contribution in [3.05, 3.63) is 29.3 Å². The van der Waals surface area contributed by atoms with E-state index in [9.17, 15) is 5.11 Å². The van der Waals surface area contributed by atoms with E-state index >= 15 is 0 Å². The third-order valence-corrected chi connectivity index (χ3v) is 3.13. The number of benzene rings is 1. The Morgan fingerprint density at radius 2 is 2.05 bits per heavy atom. The molecule has 0 aromatic heterocycles. The van der Waals surface area contributed by atoms with E-state index < -0.39 is 6.10 Å². The summed E-state index contributed by atoms with van der Waals surface area (Å²) in [4.78, 5) is 0. The van der Waals surface area contributed by atoms with Gasteiger partial charge in [0, 0.05) is 18.7 Å². The van der Waals surface area contributed by atoms with Crippen molar-refractivity contribution in [2.45, 2.75) is 31.9 Å². The first-order valence-electron chi connectivity index (χ1n) is 6.36. The van der Waals surface area contributed by atoms with Crippen LogP contribution in [0.5, 0.6) is 5.75 Å². The van der Waals surface area contributed by atoms with Gasteiger partial charge in [-0.05, 0) is 32.4 Å². The van der Waals surface area contributed by atoms with E-state index in [2.05, 4.69) is 5.32 Å². The first-order chi connectivity index (χ1) is 8.94. The predicted octanol–water partition coefficient (Wildman–Crippen LogP) is 1.83. The summed E-state index contributed by atoms with van der Waals surface area (Å²) in [6.07, 6.45) is -0.000283. The molecule has 1 rings (SSSR count). The first kappa shape index (κ1) is 16.2. The van der Waals surface area contributed by atoms with Crippen LogP contribution in [0.4, 0.5) is 0 Å². The number of aliphatic hydroxyl groups excluding tert-OH is 2. The van der Waals surface area contributed by atoms with Crippen molar-refractivity contribution < 1.29 is 14.9 Å². The van der Waals surface area contributed by atoms with Crippen LogP contribution in [0.15, 0.2) is 24.3 Å². The number of β-amino-alcohol motifs (C(OH)–C–C–N with tert-alkyl or cyclic N) is 1. The molecule has 0 amide bonds. The minimum atomic E-state index is -0.630. The van der Waals surface area contributed by atoms with Crippen LogP contribution in [0.1, 0.15) is 20.3 Å². The maximum Gasteiger partial charge on any atom is 0.138 e. The molecular formula is C14H22ClNO3. The minimum absolute atomic E-state index is 0.117. The van der Waals surface area contributed by atoms with Crippen LogP contribution in [-0.4, -0.2) is 41.6 Å². The Kier molecular flexibility index (Phi) is 6.58. The van der Waals surface area contributed by atoms with E-state index in [4.69, 9.17) is 21.4 Å². The Balaban J connectivity index is 2.32. The molecule has 1 unspecified atom stereocenters. The van der Waals surface area contributed by atoms with Gasteiger partial charge in [-0.15, -0.1) is 0 Å². The summed E-state index contributed by atoms with van der Waals surface area (Å²) in [5.41, 5.74) is -0.208. The van der Waals surface area contributed by atoms with E-state index in [0.29, 0.717) is 23.7 Å². The third-order valence-electron chi connectivity index (χ3n) is 2.82. The van der Waals surface area contributed by atoms with Crippen molar-refractivity contribution in [2.24, 2.45) is 0 Å². The van der Waals surface area contributed by atoms with Crippen molar-refractivity contribution in [3.8, 4) is 5.75 Å². The lowest BCUT2D eigenvalue weighted by molar-refractivity contribution is 0.0960. The summed E-state index contributed by atoms with van der Waals surface area (Å²) in [7, 11) is 0. The Morgan fingerprint density at radius 1 is 1.37 bits per heavy atom. The lowest BCUT2D eigenvalue weighted by Gasteiger charge is -2.27. The lowest BCUT2D eigenvalue weighted by Crippen LogP contribution is -2.45. The summed E-state index contributed by atoms with van der Waals surface area (Å²) in [6.45, 7) is 4.64. The zero-order valence-electron chi connectivity index (χ0n) is 11.4. The van der Waals surface area contributed by atoms with Crippen molar-refractivity contribution in [1.82, 2.24) is 5.32 Å². The number of nitrogens with one attached hydrogen (secondary N) is 1. The number of ether oxygens (including phenoxy) is 1. The molecule has 0 saturated carbocycles. The predicted molar refractivity (Wildman–Crippen MR) is 76.7 cm³/mol. The van der Waals surface area contributed by atoms with Gasteiger partial charge in [-0.2, -0.15) is 0 Å². The summed E-state index contributed by atoms with van der Waals surface area (Å²) in [5, 5.41) is 22.5. The average Bonchev–Trinajstić information content (AvgIpc) is 2.35. The van der Waals surface area contributed by atoms with E-state index in [1.807, 2.05) is 26.0 Å². The largest absolute Gasteiger partial charge is 0.489 e. The van der Waals surface area contributed by atoms with E-state index in [1.165, 1.54) is 0 Å². The van der Waals surface area contributed by atoms with E-state index in [-0.39, 0.29) is 18.8 Å². The normalized spacial score (nSPS) is 13.3. The van der Waals surface area contributed by atoms with Gasteiger partial charge >= 0.3 is 0 Å². The molecular weight excluding hydrogens is 266 g/mol. The van der Waals surface area contributed by atoms with Gasteiger partial charge < -0.3 is 20.3 Å². The Morgan fingerprint density at radius 3 is 2.68 bits per heavy atom. The van der Waals surface area contributed by atoms with Crippen molar-refractivity contribution in [2.75, 3.05) is 19.8 Å². The maximum atomic E-state index is 9.84. The molecule has 0 heterocycles. The molecule has 5 heteroatoms. The molecule has 0 aliphatic rings. The summed E-state index contributed by atoms with van der Waals surface area (Å²) >= 11 is 5.95. The first-order valence-corrected chi connectivity index (χ1v) is 6.74. The average molecular weight is 288 g/mol. The number of hydrogen-bond donors (Lipinski definition) is 3. The molecule has 0 bridgehead atoms. The fourth-order valence-corrected chi connectivity index (χ4v) is 1.76. The number of para-hydroxylation sites is 1. The summed E-state index contributed by atoms with van der Waals surface area (Å²) in [5.74, 6) is 0.567. The minimum Gasteiger partial charge on any atom is -0.489 e. The molecule has 4 nitrogen and oxygen atoms in total. The molecule has 1 aromatic rings. The number of rotatable bonds is 8. The monoisotopic (exact) mass is 287 g/mol. The molecule has 1 aromatic carbocycles. The third kappa shape index (κ3) is 6.25. The highest BCUT2D eigenvalue weighted by molar-refractivity contribution is 6.32. The zero-order valence-corrected chi connectivity index (χ0v) is 12.2. The van der Waals surface area contributed by atoms with Crippen molar-refractivity contribution in [3.63, 3.8) is 0 Å². The molecule has 0 fully saturated rings. The molecule has 19 heavy (non-hydrogen) atoms. The standard InChI is InChI=1S/C14H22ClNO3/c1-14(2,7-8-17)16-9-11(18)10-19-13-6-4-3-5-12(13)15/h3-6,11,16-18H,7-10H2,1-2H3. The number of halogens is 1. The number of hydrogen-bond acceptors (Lipinski definition) is 4. The van der Waals surface area contributed by atoms with Crippen LogP contribution in [0.25, 0.3) is 0 Å². The van der Waals surface area contributed by atoms with Crippen LogP contribution < -0.4 is 10.1 Å². The van der Waals surface area contributed by atoms with Crippen molar-refractivity contribution in [1.29, 1.82) is 0 Å². The molecule has 0 saturated heterocycles. The van der Waals surface area contributed by atoms with Gasteiger partial charge in [-0.1, -0.05) is 23.7 Å². The highest BCUT2D eigenvalue weighted by Gasteiger charge is 2.18. The second-order valence-corrected chi connectivity index (χ2v) is 5.54. The van der Waals surface area contributed by atoms with Crippen molar-refractivity contribution >= 4 is 11.6 Å². The molecule has 0 spiro atoms. The van der Waals surface area contributed by atoms with Gasteiger partial charge in [0.2, 0.25) is 0 Å². The van der Waals surface area contributed by atoms with Gasteiger partial charge in [0.25, 0.3) is 0 Å². The SMILES string of the molecule is CC(C)(CCO)NCC(O)COc1ccccc1Cl. The second-order valence-electron chi connectivity index (χ2n) is 5.13. The molecule has 3 N–H and O–H groups in total. The topological polar surface area (TPSA) is 61.7 Å². The summed E-state index contributed by atoms with van der Waals surface area (Å²) in [6, 6.07) is 7.16. The molecule has 108 valence electrons.